The lowest BCUT2D eigenvalue weighted by molar-refractivity contribution is -0.201. The molecule has 0 radical (unpaired) electrons. The monoisotopic (exact) mass is 240 g/mol. The average molecular weight is 240 g/mol. The third-order valence-electron chi connectivity index (χ3n) is 2.29. The van der Waals surface area contributed by atoms with Gasteiger partial charge in [-0.15, -0.1) is 0 Å². The van der Waals surface area contributed by atoms with Crippen LogP contribution in [-0.4, -0.2) is 42.9 Å². The standard InChI is InChI=1S/C9H15F3N2O2/c10-9(11,12)7(15)4-14-8(16)5-13-3-6-1-2-6/h6-7,13,15H,1-5H2,(H,14,16). The Morgan fingerprint density at radius 2 is 2.06 bits per heavy atom. The topological polar surface area (TPSA) is 61.4 Å². The number of aliphatic hydroxyl groups is 1. The van der Waals surface area contributed by atoms with Crippen LogP contribution in [0.15, 0.2) is 0 Å². The van der Waals surface area contributed by atoms with Crippen LogP contribution in [0.25, 0.3) is 0 Å². The zero-order chi connectivity index (χ0) is 12.2. The van der Waals surface area contributed by atoms with E-state index in [-0.39, 0.29) is 6.54 Å². The molecule has 1 rings (SSSR count). The number of carbonyl (C=O) groups is 1. The van der Waals surface area contributed by atoms with Crippen LogP contribution in [0.1, 0.15) is 12.8 Å². The van der Waals surface area contributed by atoms with Crippen LogP contribution in [0.4, 0.5) is 13.2 Å². The molecule has 16 heavy (non-hydrogen) atoms. The van der Waals surface area contributed by atoms with Gasteiger partial charge >= 0.3 is 6.18 Å². The number of amides is 1. The molecular formula is C9H15F3N2O2. The van der Waals surface area contributed by atoms with E-state index in [0.717, 1.165) is 19.4 Å². The summed E-state index contributed by atoms with van der Waals surface area (Å²) >= 11 is 0. The first-order valence-electron chi connectivity index (χ1n) is 5.12. The van der Waals surface area contributed by atoms with E-state index in [9.17, 15) is 18.0 Å². The maximum absolute atomic E-state index is 11.8. The van der Waals surface area contributed by atoms with Crippen LogP contribution in [-0.2, 0) is 4.79 Å². The number of nitrogens with one attached hydrogen (secondary N) is 2. The van der Waals surface area contributed by atoms with Gasteiger partial charge in [0, 0.05) is 0 Å². The number of aliphatic hydroxyl groups excluding tert-OH is 1. The molecule has 3 N–H and O–H groups in total. The molecule has 1 fully saturated rings. The summed E-state index contributed by atoms with van der Waals surface area (Å²) in [5.41, 5.74) is 0. The zero-order valence-electron chi connectivity index (χ0n) is 8.68. The van der Waals surface area contributed by atoms with E-state index in [1.165, 1.54) is 0 Å². The van der Waals surface area contributed by atoms with E-state index in [1.54, 1.807) is 0 Å². The molecule has 0 bridgehead atoms. The summed E-state index contributed by atoms with van der Waals surface area (Å²) in [6.07, 6.45) is -4.91. The molecule has 1 aliphatic carbocycles. The second-order valence-electron chi connectivity index (χ2n) is 3.94. The number of alkyl halides is 3. The molecule has 1 saturated carbocycles. The highest BCUT2D eigenvalue weighted by molar-refractivity contribution is 5.77. The van der Waals surface area contributed by atoms with Gasteiger partial charge in [-0.25, -0.2) is 0 Å². The third kappa shape index (κ3) is 5.32. The summed E-state index contributed by atoms with van der Waals surface area (Å²) in [6, 6.07) is 0. The van der Waals surface area contributed by atoms with Gasteiger partial charge in [0.2, 0.25) is 5.91 Å². The van der Waals surface area contributed by atoms with Crippen LogP contribution < -0.4 is 10.6 Å². The molecule has 0 saturated heterocycles. The lowest BCUT2D eigenvalue weighted by Gasteiger charge is -2.15. The van der Waals surface area contributed by atoms with Crippen LogP contribution in [0.2, 0.25) is 0 Å². The summed E-state index contributed by atoms with van der Waals surface area (Å²) in [6.45, 7) is -0.0935. The van der Waals surface area contributed by atoms with E-state index in [4.69, 9.17) is 5.11 Å². The Hall–Kier alpha value is -0.820. The van der Waals surface area contributed by atoms with Crippen molar-refractivity contribution in [3.8, 4) is 0 Å². The van der Waals surface area contributed by atoms with Gasteiger partial charge in [0.15, 0.2) is 6.10 Å². The van der Waals surface area contributed by atoms with Crippen LogP contribution >= 0.6 is 0 Å². The van der Waals surface area contributed by atoms with Gasteiger partial charge in [-0.3, -0.25) is 4.79 Å². The molecule has 0 spiro atoms. The number of hydrogen-bond donors (Lipinski definition) is 3. The highest BCUT2D eigenvalue weighted by Gasteiger charge is 2.38. The molecule has 0 aliphatic heterocycles. The molecule has 0 aromatic rings. The first kappa shape index (κ1) is 13.2. The molecule has 1 atom stereocenters. The summed E-state index contributed by atoms with van der Waals surface area (Å²) in [7, 11) is 0. The van der Waals surface area contributed by atoms with Crippen molar-refractivity contribution >= 4 is 5.91 Å². The van der Waals surface area contributed by atoms with Gasteiger partial charge in [0.1, 0.15) is 0 Å². The van der Waals surface area contributed by atoms with Crippen molar-refractivity contribution in [2.24, 2.45) is 5.92 Å². The molecule has 1 aliphatic rings. The first-order chi connectivity index (χ1) is 7.39. The Bertz CT molecular complexity index is 241. The van der Waals surface area contributed by atoms with Crippen molar-refractivity contribution < 1.29 is 23.1 Å². The lowest BCUT2D eigenvalue weighted by Crippen LogP contribution is -2.43. The molecule has 0 aromatic heterocycles. The minimum atomic E-state index is -4.69. The Labute approximate surface area is 91.2 Å². The average Bonchev–Trinajstić information content (AvgIpc) is 2.96. The first-order valence-corrected chi connectivity index (χ1v) is 5.12. The van der Waals surface area contributed by atoms with Gasteiger partial charge in [0.25, 0.3) is 0 Å². The second-order valence-corrected chi connectivity index (χ2v) is 3.94. The second kappa shape index (κ2) is 5.49. The molecule has 94 valence electrons. The maximum atomic E-state index is 11.8. The third-order valence-corrected chi connectivity index (χ3v) is 2.29. The number of rotatable bonds is 6. The van der Waals surface area contributed by atoms with Crippen molar-refractivity contribution in [2.45, 2.75) is 25.1 Å². The highest BCUT2D eigenvalue weighted by atomic mass is 19.4. The van der Waals surface area contributed by atoms with E-state index >= 15 is 0 Å². The minimum Gasteiger partial charge on any atom is -0.382 e. The maximum Gasteiger partial charge on any atom is 0.416 e. The molecule has 0 heterocycles. The Balaban J connectivity index is 2.04. The fourth-order valence-corrected chi connectivity index (χ4v) is 1.10. The van der Waals surface area contributed by atoms with Crippen molar-refractivity contribution in [1.29, 1.82) is 0 Å². The van der Waals surface area contributed by atoms with Gasteiger partial charge in [-0.2, -0.15) is 13.2 Å². The van der Waals surface area contributed by atoms with Gasteiger partial charge < -0.3 is 15.7 Å². The predicted octanol–water partition coefficient (Wildman–Crippen LogP) is 0.0254. The predicted molar refractivity (Wildman–Crippen MR) is 50.7 cm³/mol. The fourth-order valence-electron chi connectivity index (χ4n) is 1.10. The molecule has 7 heteroatoms. The summed E-state index contributed by atoms with van der Waals surface area (Å²) in [5.74, 6) is 0.0671. The smallest absolute Gasteiger partial charge is 0.382 e. The van der Waals surface area contributed by atoms with Crippen molar-refractivity contribution in [3.05, 3.63) is 0 Å². The largest absolute Gasteiger partial charge is 0.416 e. The van der Waals surface area contributed by atoms with Gasteiger partial charge in [0.05, 0.1) is 13.1 Å². The minimum absolute atomic E-state index is 0.0128. The quantitative estimate of drug-likeness (QED) is 0.613. The lowest BCUT2D eigenvalue weighted by atomic mass is 10.3. The van der Waals surface area contributed by atoms with Gasteiger partial charge in [-0.05, 0) is 25.3 Å². The van der Waals surface area contributed by atoms with E-state index in [2.05, 4.69) is 5.32 Å². The van der Waals surface area contributed by atoms with Crippen LogP contribution in [0.3, 0.4) is 0 Å². The van der Waals surface area contributed by atoms with Crippen molar-refractivity contribution in [1.82, 2.24) is 10.6 Å². The van der Waals surface area contributed by atoms with E-state index < -0.39 is 24.7 Å². The van der Waals surface area contributed by atoms with Crippen LogP contribution in [0, 0.1) is 5.92 Å². The molecule has 1 amide bonds. The summed E-state index contributed by atoms with van der Waals surface area (Å²) in [5, 5.41) is 13.4. The number of halogens is 3. The van der Waals surface area contributed by atoms with Crippen molar-refractivity contribution in [3.63, 3.8) is 0 Å². The van der Waals surface area contributed by atoms with E-state index in [1.807, 2.05) is 5.32 Å². The number of carbonyl (C=O) groups excluding carboxylic acids is 1. The normalized spacial score (nSPS) is 18.2. The zero-order valence-corrected chi connectivity index (χ0v) is 8.68. The fraction of sp³-hybridized carbons (Fsp3) is 0.889. The molecular weight excluding hydrogens is 225 g/mol. The molecule has 4 nitrogen and oxygen atoms in total. The summed E-state index contributed by atoms with van der Waals surface area (Å²) < 4.78 is 35.5. The summed E-state index contributed by atoms with van der Waals surface area (Å²) in [4.78, 5) is 11.0. The SMILES string of the molecule is O=C(CNCC1CC1)NCC(O)C(F)(F)F. The van der Waals surface area contributed by atoms with E-state index in [0.29, 0.717) is 5.92 Å². The molecule has 0 aromatic carbocycles. The highest BCUT2D eigenvalue weighted by Crippen LogP contribution is 2.27. The molecule has 1 unspecified atom stereocenters. The Morgan fingerprint density at radius 3 is 2.56 bits per heavy atom. The number of hydrogen-bond acceptors (Lipinski definition) is 3. The van der Waals surface area contributed by atoms with Crippen LogP contribution in [0.5, 0.6) is 0 Å². The Kier molecular flexibility index (Phi) is 4.55. The Morgan fingerprint density at radius 1 is 1.44 bits per heavy atom. The van der Waals surface area contributed by atoms with Gasteiger partial charge in [-0.1, -0.05) is 0 Å². The van der Waals surface area contributed by atoms with Crippen molar-refractivity contribution in [2.75, 3.05) is 19.6 Å².